The van der Waals surface area contributed by atoms with Crippen LogP contribution >= 0.6 is 11.8 Å². The van der Waals surface area contributed by atoms with Gasteiger partial charge < -0.3 is 5.32 Å². The summed E-state index contributed by atoms with van der Waals surface area (Å²) in [6.45, 7) is 0. The van der Waals surface area contributed by atoms with Gasteiger partial charge in [0.25, 0.3) is 21.6 Å². The van der Waals surface area contributed by atoms with Gasteiger partial charge in [-0.05, 0) is 60.9 Å². The lowest BCUT2D eigenvalue weighted by Crippen LogP contribution is -2.26. The maximum Gasteiger partial charge on any atom is 0.271 e. The minimum absolute atomic E-state index is 0.134. The summed E-state index contributed by atoms with van der Waals surface area (Å²) in [6.07, 6.45) is 1.91. The first kappa shape index (κ1) is 22.3. The fourth-order valence-electron chi connectivity index (χ4n) is 2.77. The van der Waals surface area contributed by atoms with E-state index in [1.54, 1.807) is 30.3 Å². The molecule has 0 bridgehead atoms. The zero-order valence-corrected chi connectivity index (χ0v) is 18.3. The summed E-state index contributed by atoms with van der Waals surface area (Å²) in [5.74, 6) is -0.467. The Hall–Kier alpha value is -3.37. The summed E-state index contributed by atoms with van der Waals surface area (Å²) >= 11 is 1.52. The molecule has 0 unspecified atom stereocenters. The molecule has 1 amide bonds. The molecule has 0 aromatic heterocycles. The molecule has 0 spiro atoms. The SMILES string of the molecule is CSc1ccc(S(=O)(=O)N(C)c2ccc(C(=O)Nc3cccc([N+](=O)[O-])c3)cc2)cc1. The second-order valence-electron chi connectivity index (χ2n) is 6.46. The number of hydrogen-bond donors (Lipinski definition) is 1. The van der Waals surface area contributed by atoms with Crippen LogP contribution in [0.2, 0.25) is 0 Å². The summed E-state index contributed by atoms with van der Waals surface area (Å²) in [5.41, 5.74) is 0.827. The molecule has 3 aromatic rings. The van der Waals surface area contributed by atoms with Crippen molar-refractivity contribution in [2.75, 3.05) is 22.9 Å². The van der Waals surface area contributed by atoms with E-state index in [9.17, 15) is 23.3 Å². The summed E-state index contributed by atoms with van der Waals surface area (Å²) in [5, 5.41) is 13.5. The number of anilines is 2. The summed E-state index contributed by atoms with van der Waals surface area (Å²) < 4.78 is 26.9. The molecule has 0 saturated heterocycles. The molecular weight excluding hydrogens is 438 g/mol. The molecule has 0 aliphatic rings. The van der Waals surface area contributed by atoms with Crippen LogP contribution in [0.3, 0.4) is 0 Å². The van der Waals surface area contributed by atoms with Crippen LogP contribution in [0.4, 0.5) is 17.1 Å². The van der Waals surface area contributed by atoms with Crippen molar-refractivity contribution in [2.24, 2.45) is 0 Å². The molecular formula is C21H19N3O5S2. The molecule has 10 heteroatoms. The highest BCUT2D eigenvalue weighted by Crippen LogP contribution is 2.25. The number of thioether (sulfide) groups is 1. The molecule has 0 fully saturated rings. The molecule has 31 heavy (non-hydrogen) atoms. The van der Waals surface area contributed by atoms with Gasteiger partial charge in [0, 0.05) is 35.3 Å². The average molecular weight is 458 g/mol. The van der Waals surface area contributed by atoms with Crippen molar-refractivity contribution in [3.63, 3.8) is 0 Å². The lowest BCUT2D eigenvalue weighted by atomic mass is 10.2. The number of carbonyl (C=O) groups excluding carboxylic acids is 1. The number of sulfonamides is 1. The van der Waals surface area contributed by atoms with E-state index >= 15 is 0 Å². The second-order valence-corrected chi connectivity index (χ2v) is 9.31. The molecule has 0 atom stereocenters. The van der Waals surface area contributed by atoms with Gasteiger partial charge in [-0.15, -0.1) is 11.8 Å². The Morgan fingerprint density at radius 1 is 1.03 bits per heavy atom. The standard InChI is InChI=1S/C21H19N3O5S2/c1-23(31(28,29)20-12-10-19(30-2)11-13-20)17-8-6-15(7-9-17)21(25)22-16-4-3-5-18(14-16)24(26)27/h3-14H,1-2H3,(H,22,25). The fourth-order valence-corrected chi connectivity index (χ4v) is 4.37. The number of benzene rings is 3. The van der Waals surface area contributed by atoms with Crippen molar-refractivity contribution >= 4 is 44.8 Å². The highest BCUT2D eigenvalue weighted by Gasteiger charge is 2.21. The number of rotatable bonds is 7. The maximum atomic E-state index is 12.9. The lowest BCUT2D eigenvalue weighted by Gasteiger charge is -2.20. The number of hydrogen-bond acceptors (Lipinski definition) is 6. The van der Waals surface area contributed by atoms with Gasteiger partial charge in [-0.3, -0.25) is 19.2 Å². The van der Waals surface area contributed by atoms with Gasteiger partial charge in [-0.25, -0.2) is 8.42 Å². The Labute approximate surface area is 184 Å². The van der Waals surface area contributed by atoms with Crippen molar-refractivity contribution in [3.8, 4) is 0 Å². The van der Waals surface area contributed by atoms with Crippen molar-refractivity contribution in [1.29, 1.82) is 0 Å². The van der Waals surface area contributed by atoms with Gasteiger partial charge in [0.2, 0.25) is 0 Å². The first-order valence-corrected chi connectivity index (χ1v) is 11.7. The Morgan fingerprint density at radius 2 is 1.68 bits per heavy atom. The van der Waals surface area contributed by atoms with E-state index < -0.39 is 20.9 Å². The molecule has 3 aromatic carbocycles. The van der Waals surface area contributed by atoms with Crippen LogP contribution in [0.15, 0.2) is 82.6 Å². The Bertz CT molecular complexity index is 1210. The topological polar surface area (TPSA) is 110 Å². The summed E-state index contributed by atoms with van der Waals surface area (Å²) in [6, 6.07) is 18.2. The van der Waals surface area contributed by atoms with Crippen LogP contribution in [0.25, 0.3) is 0 Å². The third-order valence-corrected chi connectivity index (χ3v) is 7.07. The van der Waals surface area contributed by atoms with Crippen molar-refractivity contribution in [1.82, 2.24) is 0 Å². The average Bonchev–Trinajstić information content (AvgIpc) is 2.78. The van der Waals surface area contributed by atoms with E-state index in [-0.39, 0.29) is 21.8 Å². The third-order valence-electron chi connectivity index (χ3n) is 4.53. The molecule has 0 radical (unpaired) electrons. The molecule has 1 N–H and O–H groups in total. The van der Waals surface area contributed by atoms with Crippen LogP contribution in [0.1, 0.15) is 10.4 Å². The summed E-state index contributed by atoms with van der Waals surface area (Å²) in [7, 11) is -2.31. The fraction of sp³-hybridized carbons (Fsp3) is 0.0952. The maximum absolute atomic E-state index is 12.9. The molecule has 3 rings (SSSR count). The Kier molecular flexibility index (Phi) is 6.62. The number of nitrogens with one attached hydrogen (secondary N) is 1. The van der Waals surface area contributed by atoms with Crippen LogP contribution < -0.4 is 9.62 Å². The minimum atomic E-state index is -3.75. The third kappa shape index (κ3) is 5.04. The number of nitrogens with zero attached hydrogens (tertiary/aromatic N) is 2. The van der Waals surface area contributed by atoms with Crippen LogP contribution in [0.5, 0.6) is 0 Å². The van der Waals surface area contributed by atoms with E-state index in [0.717, 1.165) is 9.20 Å². The zero-order chi connectivity index (χ0) is 22.6. The molecule has 0 aliphatic heterocycles. The van der Waals surface area contributed by atoms with Crippen LogP contribution in [-0.4, -0.2) is 32.6 Å². The second kappa shape index (κ2) is 9.19. The van der Waals surface area contributed by atoms with E-state index in [1.165, 1.54) is 61.3 Å². The van der Waals surface area contributed by atoms with Gasteiger partial charge in [0.05, 0.1) is 15.5 Å². The highest BCUT2D eigenvalue weighted by atomic mass is 32.2. The van der Waals surface area contributed by atoms with Crippen LogP contribution in [-0.2, 0) is 10.0 Å². The Morgan fingerprint density at radius 3 is 2.26 bits per heavy atom. The monoisotopic (exact) mass is 457 g/mol. The zero-order valence-electron chi connectivity index (χ0n) is 16.7. The largest absolute Gasteiger partial charge is 0.322 e. The van der Waals surface area contributed by atoms with Crippen LogP contribution in [0, 0.1) is 10.1 Å². The number of nitro groups is 1. The number of carbonyl (C=O) groups is 1. The molecule has 160 valence electrons. The van der Waals surface area contributed by atoms with E-state index in [1.807, 2.05) is 6.26 Å². The summed E-state index contributed by atoms with van der Waals surface area (Å²) in [4.78, 5) is 23.9. The number of non-ortho nitro benzene ring substituents is 1. The van der Waals surface area contributed by atoms with Gasteiger partial charge in [-0.2, -0.15) is 0 Å². The smallest absolute Gasteiger partial charge is 0.271 e. The molecule has 0 saturated carbocycles. The van der Waals surface area contributed by atoms with Gasteiger partial charge >= 0.3 is 0 Å². The van der Waals surface area contributed by atoms with E-state index in [4.69, 9.17) is 0 Å². The normalized spacial score (nSPS) is 11.0. The number of nitro benzene ring substituents is 1. The molecule has 0 aliphatic carbocycles. The van der Waals surface area contributed by atoms with Crippen molar-refractivity contribution in [2.45, 2.75) is 9.79 Å². The van der Waals surface area contributed by atoms with Gasteiger partial charge in [0.1, 0.15) is 0 Å². The first-order valence-electron chi connectivity index (χ1n) is 9.01. The quantitative estimate of drug-likeness (QED) is 0.320. The van der Waals surface area contributed by atoms with Crippen molar-refractivity contribution in [3.05, 3.63) is 88.5 Å². The molecule has 8 nitrogen and oxygen atoms in total. The number of amides is 1. The predicted octanol–water partition coefficient (Wildman–Crippen LogP) is 4.39. The van der Waals surface area contributed by atoms with E-state index in [2.05, 4.69) is 5.32 Å². The minimum Gasteiger partial charge on any atom is -0.322 e. The highest BCUT2D eigenvalue weighted by molar-refractivity contribution is 7.98. The molecule has 0 heterocycles. The van der Waals surface area contributed by atoms with Crippen molar-refractivity contribution < 1.29 is 18.1 Å². The lowest BCUT2D eigenvalue weighted by molar-refractivity contribution is -0.384. The van der Waals surface area contributed by atoms with Gasteiger partial charge in [0.15, 0.2) is 0 Å². The Balaban J connectivity index is 1.76. The predicted molar refractivity (Wildman–Crippen MR) is 121 cm³/mol. The van der Waals surface area contributed by atoms with Gasteiger partial charge in [-0.1, -0.05) is 6.07 Å². The first-order chi connectivity index (χ1) is 14.7. The van der Waals surface area contributed by atoms with E-state index in [0.29, 0.717) is 5.69 Å².